The highest BCUT2D eigenvalue weighted by Gasteiger charge is 2.48. The van der Waals surface area contributed by atoms with E-state index < -0.39 is 10.0 Å². The van der Waals surface area contributed by atoms with E-state index in [0.717, 1.165) is 68.5 Å². The minimum atomic E-state index is -3.51. The van der Waals surface area contributed by atoms with E-state index in [1.54, 1.807) is 12.1 Å². The van der Waals surface area contributed by atoms with E-state index in [2.05, 4.69) is 9.62 Å². The minimum Gasteiger partial charge on any atom is -0.379 e. The predicted molar refractivity (Wildman–Crippen MR) is 118 cm³/mol. The second-order valence-corrected chi connectivity index (χ2v) is 12.1. The van der Waals surface area contributed by atoms with Crippen molar-refractivity contribution in [2.24, 2.45) is 29.6 Å². The topological polar surface area (TPSA) is 58.6 Å². The lowest BCUT2D eigenvalue weighted by Crippen LogP contribution is -2.51. The Morgan fingerprint density at radius 2 is 1.60 bits per heavy atom. The second kappa shape index (κ2) is 8.53. The van der Waals surface area contributed by atoms with Crippen LogP contribution in [-0.2, 0) is 14.8 Å². The van der Waals surface area contributed by atoms with E-state index in [4.69, 9.17) is 4.74 Å². The van der Waals surface area contributed by atoms with E-state index in [0.29, 0.717) is 10.8 Å². The molecule has 0 amide bonds. The lowest BCUT2D eigenvalue weighted by atomic mass is 9.51. The van der Waals surface area contributed by atoms with Crippen LogP contribution in [-0.4, -0.2) is 52.2 Å². The van der Waals surface area contributed by atoms with Crippen LogP contribution in [0.2, 0.25) is 0 Å². The average molecular weight is 433 g/mol. The third kappa shape index (κ3) is 4.47. The highest BCUT2D eigenvalue weighted by atomic mass is 32.2. The summed E-state index contributed by atoms with van der Waals surface area (Å²) in [6, 6.07) is 7.18. The number of ether oxygens (including phenoxy) is 1. The normalized spacial score (nSPS) is 34.9. The van der Waals surface area contributed by atoms with Gasteiger partial charge < -0.3 is 4.74 Å². The van der Waals surface area contributed by atoms with Crippen molar-refractivity contribution in [1.29, 1.82) is 0 Å². The number of sulfonamides is 1. The van der Waals surface area contributed by atoms with Crippen LogP contribution in [0.15, 0.2) is 29.2 Å². The smallest absolute Gasteiger partial charge is 0.240 e. The average Bonchev–Trinajstić information content (AvgIpc) is 2.71. The van der Waals surface area contributed by atoms with Crippen molar-refractivity contribution in [2.75, 3.05) is 32.8 Å². The summed E-state index contributed by atoms with van der Waals surface area (Å²) in [6.07, 6.45) is 7.97. The maximum Gasteiger partial charge on any atom is 0.240 e. The van der Waals surface area contributed by atoms with Gasteiger partial charge in [-0.2, -0.15) is 0 Å². The number of hydrogen-bond acceptors (Lipinski definition) is 4. The minimum absolute atomic E-state index is 0.0306. The van der Waals surface area contributed by atoms with Crippen LogP contribution in [0.4, 0.5) is 0 Å². The molecular weight excluding hydrogens is 396 g/mol. The van der Waals surface area contributed by atoms with E-state index in [9.17, 15) is 8.42 Å². The van der Waals surface area contributed by atoms with Crippen LogP contribution in [0.25, 0.3) is 0 Å². The fraction of sp³-hybridized carbons (Fsp3) is 0.750. The number of nitrogens with zero attached hydrogens (tertiary/aromatic N) is 1. The van der Waals surface area contributed by atoms with Gasteiger partial charge in [0, 0.05) is 25.7 Å². The molecule has 1 N–H and O–H groups in total. The molecule has 5 fully saturated rings. The van der Waals surface area contributed by atoms with Crippen molar-refractivity contribution >= 4 is 10.0 Å². The Morgan fingerprint density at radius 3 is 2.20 bits per heavy atom. The van der Waals surface area contributed by atoms with Crippen molar-refractivity contribution in [1.82, 2.24) is 9.62 Å². The van der Waals surface area contributed by atoms with E-state index in [1.165, 1.54) is 32.1 Å². The molecule has 1 aromatic rings. The summed E-state index contributed by atoms with van der Waals surface area (Å²) >= 11 is 0. The zero-order valence-electron chi connectivity index (χ0n) is 18.1. The largest absolute Gasteiger partial charge is 0.379 e. The Labute approximate surface area is 181 Å². The van der Waals surface area contributed by atoms with Crippen LogP contribution in [0.5, 0.6) is 0 Å². The number of hydrogen-bond donors (Lipinski definition) is 1. The number of aryl methyl sites for hydroxylation is 1. The Bertz CT molecular complexity index is 805. The first kappa shape index (κ1) is 20.9. The summed E-state index contributed by atoms with van der Waals surface area (Å²) in [5.41, 5.74) is 1.08. The first-order valence-electron chi connectivity index (χ1n) is 11.9. The molecular formula is C24H36N2O3S. The Morgan fingerprint density at radius 1 is 1.00 bits per heavy atom. The van der Waals surface area contributed by atoms with Gasteiger partial charge in [0.1, 0.15) is 0 Å². The summed E-state index contributed by atoms with van der Waals surface area (Å²) < 4.78 is 35.0. The van der Waals surface area contributed by atoms with E-state index in [-0.39, 0.29) is 6.04 Å². The van der Waals surface area contributed by atoms with Gasteiger partial charge in [0.05, 0.1) is 18.1 Å². The van der Waals surface area contributed by atoms with Gasteiger partial charge in [0.2, 0.25) is 10.0 Å². The molecule has 4 saturated carbocycles. The standard InChI is InChI=1S/C24H36N2O3S/c1-17-2-4-23(5-3-17)30(27,28)25-22(16-26-6-8-29-9-7-26)15-24-20-11-18-10-19(13-20)14-21(24)12-18/h2-5,18-22,24-25H,6-16H2,1H3. The molecule has 6 rings (SSSR count). The van der Waals surface area contributed by atoms with Gasteiger partial charge in [0.25, 0.3) is 0 Å². The Kier molecular flexibility index (Phi) is 5.95. The predicted octanol–water partition coefficient (Wildman–Crippen LogP) is 3.44. The molecule has 4 aliphatic carbocycles. The molecule has 1 saturated heterocycles. The summed E-state index contributed by atoms with van der Waals surface area (Å²) in [5.74, 6) is 4.22. The molecule has 0 aromatic heterocycles. The van der Waals surface area contributed by atoms with Crippen LogP contribution in [0, 0.1) is 36.5 Å². The molecule has 166 valence electrons. The summed E-state index contributed by atoms with van der Waals surface area (Å²) in [7, 11) is -3.51. The highest BCUT2D eigenvalue weighted by Crippen LogP contribution is 2.57. The van der Waals surface area contributed by atoms with Crippen molar-refractivity contribution in [3.63, 3.8) is 0 Å². The first-order valence-corrected chi connectivity index (χ1v) is 13.3. The zero-order chi connectivity index (χ0) is 20.7. The third-order valence-corrected chi connectivity index (χ3v) is 9.75. The maximum absolute atomic E-state index is 13.2. The second-order valence-electron chi connectivity index (χ2n) is 10.4. The molecule has 0 radical (unpaired) electrons. The summed E-state index contributed by atoms with van der Waals surface area (Å²) in [5, 5.41) is 0. The van der Waals surface area contributed by atoms with Crippen LogP contribution in [0.1, 0.15) is 44.1 Å². The third-order valence-electron chi connectivity index (χ3n) is 8.21. The van der Waals surface area contributed by atoms with Gasteiger partial charge in [0.15, 0.2) is 0 Å². The van der Waals surface area contributed by atoms with Crippen LogP contribution < -0.4 is 4.72 Å². The van der Waals surface area contributed by atoms with Crippen molar-refractivity contribution < 1.29 is 13.2 Å². The van der Waals surface area contributed by atoms with Crippen molar-refractivity contribution in [2.45, 2.75) is 56.4 Å². The molecule has 6 heteroatoms. The summed E-state index contributed by atoms with van der Waals surface area (Å²) in [4.78, 5) is 2.76. The molecule has 0 spiro atoms. The maximum atomic E-state index is 13.2. The molecule has 1 atom stereocenters. The fourth-order valence-corrected chi connectivity index (χ4v) is 8.25. The molecule has 5 aliphatic rings. The summed E-state index contributed by atoms with van der Waals surface area (Å²) in [6.45, 7) is 6.05. The molecule has 5 nitrogen and oxygen atoms in total. The monoisotopic (exact) mass is 432 g/mol. The molecule has 1 unspecified atom stereocenters. The van der Waals surface area contributed by atoms with Crippen molar-refractivity contribution in [3.8, 4) is 0 Å². The number of nitrogens with one attached hydrogen (secondary N) is 1. The molecule has 1 aliphatic heterocycles. The lowest BCUT2D eigenvalue weighted by Gasteiger charge is -2.55. The van der Waals surface area contributed by atoms with Crippen LogP contribution >= 0.6 is 0 Å². The Hall–Kier alpha value is -0.950. The van der Waals surface area contributed by atoms with E-state index in [1.807, 2.05) is 19.1 Å². The van der Waals surface area contributed by atoms with Crippen molar-refractivity contribution in [3.05, 3.63) is 29.8 Å². The molecule has 1 heterocycles. The lowest BCUT2D eigenvalue weighted by molar-refractivity contribution is -0.0448. The van der Waals surface area contributed by atoms with Gasteiger partial charge in [-0.1, -0.05) is 17.7 Å². The highest BCUT2D eigenvalue weighted by molar-refractivity contribution is 7.89. The van der Waals surface area contributed by atoms with Crippen LogP contribution in [0.3, 0.4) is 0 Å². The van der Waals surface area contributed by atoms with Gasteiger partial charge in [-0.15, -0.1) is 0 Å². The number of rotatable bonds is 7. The molecule has 1 aromatic carbocycles. The van der Waals surface area contributed by atoms with Gasteiger partial charge >= 0.3 is 0 Å². The van der Waals surface area contributed by atoms with Gasteiger partial charge in [-0.25, -0.2) is 13.1 Å². The van der Waals surface area contributed by atoms with Gasteiger partial charge in [-0.3, -0.25) is 4.90 Å². The number of benzene rings is 1. The Balaban J connectivity index is 1.33. The fourth-order valence-electron chi connectivity index (χ4n) is 7.01. The van der Waals surface area contributed by atoms with Gasteiger partial charge in [-0.05, 0) is 87.2 Å². The molecule has 30 heavy (non-hydrogen) atoms. The van der Waals surface area contributed by atoms with E-state index >= 15 is 0 Å². The quantitative estimate of drug-likeness (QED) is 0.717. The zero-order valence-corrected chi connectivity index (χ0v) is 18.9. The SMILES string of the molecule is Cc1ccc(S(=O)(=O)NC(CC2C3CC4CC(C3)CC2C4)CN2CCOCC2)cc1. The first-order chi connectivity index (χ1) is 14.5. The molecule has 4 bridgehead atoms. The number of morpholine rings is 1.